The monoisotopic (exact) mass is 238 g/mol. The van der Waals surface area contributed by atoms with Crippen LogP contribution in [0.4, 0.5) is 0 Å². The smallest absolute Gasteiger partial charge is 0.234 e. The van der Waals surface area contributed by atoms with Crippen molar-refractivity contribution in [3.05, 3.63) is 21.9 Å². The molecule has 1 amide bonds. The molecule has 88 valence electrons. The SMILES string of the molecule is Cc1ccsc1C(C)NCC(=O)NC1CC1. The highest BCUT2D eigenvalue weighted by Crippen LogP contribution is 2.23. The zero-order valence-corrected chi connectivity index (χ0v) is 10.6. The molecule has 1 aromatic rings. The van der Waals surface area contributed by atoms with Crippen molar-refractivity contribution in [2.45, 2.75) is 38.8 Å². The fourth-order valence-electron chi connectivity index (χ4n) is 1.67. The second kappa shape index (κ2) is 4.97. The van der Waals surface area contributed by atoms with Crippen molar-refractivity contribution >= 4 is 17.2 Å². The summed E-state index contributed by atoms with van der Waals surface area (Å²) < 4.78 is 0. The van der Waals surface area contributed by atoms with Crippen LogP contribution in [0.5, 0.6) is 0 Å². The van der Waals surface area contributed by atoms with E-state index in [9.17, 15) is 4.79 Å². The molecule has 1 aliphatic rings. The van der Waals surface area contributed by atoms with Crippen LogP contribution in [0.1, 0.15) is 36.2 Å². The first kappa shape index (κ1) is 11.6. The van der Waals surface area contributed by atoms with Gasteiger partial charge in [0.05, 0.1) is 6.54 Å². The lowest BCUT2D eigenvalue weighted by Gasteiger charge is -2.13. The third-order valence-electron chi connectivity index (χ3n) is 2.81. The summed E-state index contributed by atoms with van der Waals surface area (Å²) in [5.41, 5.74) is 1.30. The van der Waals surface area contributed by atoms with Crippen LogP contribution >= 0.6 is 11.3 Å². The van der Waals surface area contributed by atoms with Crippen LogP contribution < -0.4 is 10.6 Å². The Hall–Kier alpha value is -0.870. The number of amides is 1. The maximum atomic E-state index is 11.5. The fraction of sp³-hybridized carbons (Fsp3) is 0.583. The Morgan fingerprint density at radius 2 is 2.38 bits per heavy atom. The molecule has 0 spiro atoms. The summed E-state index contributed by atoms with van der Waals surface area (Å²) in [6, 6.07) is 2.82. The predicted octanol–water partition coefficient (Wildman–Crippen LogP) is 1.99. The highest BCUT2D eigenvalue weighted by Gasteiger charge is 2.23. The molecule has 0 saturated heterocycles. The summed E-state index contributed by atoms with van der Waals surface area (Å²) >= 11 is 1.74. The van der Waals surface area contributed by atoms with Gasteiger partial charge in [0.25, 0.3) is 0 Å². The Balaban J connectivity index is 1.76. The van der Waals surface area contributed by atoms with Gasteiger partial charge >= 0.3 is 0 Å². The van der Waals surface area contributed by atoms with E-state index in [2.05, 4.69) is 35.9 Å². The summed E-state index contributed by atoms with van der Waals surface area (Å²) in [5, 5.41) is 8.32. The molecule has 4 heteroatoms. The van der Waals surface area contributed by atoms with Crippen molar-refractivity contribution in [1.29, 1.82) is 0 Å². The van der Waals surface area contributed by atoms with Crippen LogP contribution in [0.3, 0.4) is 0 Å². The van der Waals surface area contributed by atoms with Gasteiger partial charge in [-0.1, -0.05) is 0 Å². The zero-order valence-electron chi connectivity index (χ0n) is 9.75. The molecule has 3 nitrogen and oxygen atoms in total. The molecule has 0 bridgehead atoms. The molecule has 1 saturated carbocycles. The normalized spacial score (nSPS) is 17.1. The first-order valence-corrected chi connectivity index (χ1v) is 6.61. The first-order chi connectivity index (χ1) is 7.66. The van der Waals surface area contributed by atoms with Crippen molar-refractivity contribution in [2.75, 3.05) is 6.54 Å². The minimum Gasteiger partial charge on any atom is -0.352 e. The van der Waals surface area contributed by atoms with Gasteiger partial charge < -0.3 is 10.6 Å². The standard InChI is InChI=1S/C12H18N2OS/c1-8-5-6-16-12(8)9(2)13-7-11(15)14-10-3-4-10/h5-6,9-10,13H,3-4,7H2,1-2H3,(H,14,15). The summed E-state index contributed by atoms with van der Waals surface area (Å²) in [6.07, 6.45) is 2.29. The number of rotatable bonds is 5. The van der Waals surface area contributed by atoms with Gasteiger partial charge in [-0.15, -0.1) is 11.3 Å². The Bertz CT molecular complexity index is 371. The van der Waals surface area contributed by atoms with Crippen molar-refractivity contribution in [1.82, 2.24) is 10.6 Å². The van der Waals surface area contributed by atoms with E-state index >= 15 is 0 Å². The van der Waals surface area contributed by atoms with Crippen molar-refractivity contribution in [3.8, 4) is 0 Å². The number of hydrogen-bond acceptors (Lipinski definition) is 3. The lowest BCUT2D eigenvalue weighted by molar-refractivity contribution is -0.120. The molecule has 0 aromatic carbocycles. The van der Waals surface area contributed by atoms with E-state index in [0.717, 1.165) is 12.8 Å². The lowest BCUT2D eigenvalue weighted by Crippen LogP contribution is -2.36. The summed E-state index contributed by atoms with van der Waals surface area (Å²) in [5.74, 6) is 0.114. The van der Waals surface area contributed by atoms with E-state index in [0.29, 0.717) is 12.6 Å². The van der Waals surface area contributed by atoms with Crippen molar-refractivity contribution < 1.29 is 4.79 Å². The summed E-state index contributed by atoms with van der Waals surface area (Å²) in [7, 11) is 0. The number of aryl methyl sites for hydroxylation is 1. The second-order valence-corrected chi connectivity index (χ2v) is 5.36. The highest BCUT2D eigenvalue weighted by atomic mass is 32.1. The van der Waals surface area contributed by atoms with E-state index in [1.165, 1.54) is 10.4 Å². The van der Waals surface area contributed by atoms with Crippen LogP contribution in [0.25, 0.3) is 0 Å². The molecule has 1 aliphatic carbocycles. The number of thiophene rings is 1. The molecule has 0 radical (unpaired) electrons. The van der Waals surface area contributed by atoms with Gasteiger partial charge in [0.1, 0.15) is 0 Å². The maximum absolute atomic E-state index is 11.5. The van der Waals surface area contributed by atoms with Crippen LogP contribution in [-0.2, 0) is 4.79 Å². The average Bonchev–Trinajstić information content (AvgIpc) is 2.95. The molecule has 1 aromatic heterocycles. The maximum Gasteiger partial charge on any atom is 0.234 e. The molecule has 2 rings (SSSR count). The largest absolute Gasteiger partial charge is 0.352 e. The van der Waals surface area contributed by atoms with Crippen LogP contribution in [0.15, 0.2) is 11.4 Å². The van der Waals surface area contributed by atoms with Gasteiger partial charge in [-0.05, 0) is 43.7 Å². The number of carbonyl (C=O) groups is 1. The third-order valence-corrected chi connectivity index (χ3v) is 4.01. The molecule has 0 aliphatic heterocycles. The summed E-state index contributed by atoms with van der Waals surface area (Å²) in [4.78, 5) is 12.8. The van der Waals surface area contributed by atoms with Gasteiger partial charge in [-0.3, -0.25) is 4.79 Å². The van der Waals surface area contributed by atoms with Crippen LogP contribution in [0.2, 0.25) is 0 Å². The third kappa shape index (κ3) is 3.06. The van der Waals surface area contributed by atoms with Gasteiger partial charge in [0.2, 0.25) is 5.91 Å². The molecule has 1 unspecified atom stereocenters. The van der Waals surface area contributed by atoms with Crippen LogP contribution in [0, 0.1) is 6.92 Å². The summed E-state index contributed by atoms with van der Waals surface area (Å²) in [6.45, 7) is 4.62. The average molecular weight is 238 g/mol. The van der Waals surface area contributed by atoms with Crippen molar-refractivity contribution in [3.63, 3.8) is 0 Å². The molecule has 1 atom stereocenters. The van der Waals surface area contributed by atoms with Crippen LogP contribution in [-0.4, -0.2) is 18.5 Å². The minimum atomic E-state index is 0.114. The van der Waals surface area contributed by atoms with E-state index in [1.54, 1.807) is 11.3 Å². The number of nitrogens with one attached hydrogen (secondary N) is 2. The lowest BCUT2D eigenvalue weighted by atomic mass is 10.2. The van der Waals surface area contributed by atoms with Gasteiger partial charge in [-0.2, -0.15) is 0 Å². The number of carbonyl (C=O) groups excluding carboxylic acids is 1. The van der Waals surface area contributed by atoms with Gasteiger partial charge in [0, 0.05) is 17.0 Å². The predicted molar refractivity (Wildman–Crippen MR) is 66.6 cm³/mol. The Morgan fingerprint density at radius 3 is 2.94 bits per heavy atom. The molecular weight excluding hydrogens is 220 g/mol. The van der Waals surface area contributed by atoms with Crippen molar-refractivity contribution in [2.24, 2.45) is 0 Å². The quantitative estimate of drug-likeness (QED) is 0.823. The number of hydrogen-bond donors (Lipinski definition) is 2. The Kier molecular flexibility index (Phi) is 3.61. The van der Waals surface area contributed by atoms with Gasteiger partial charge in [-0.25, -0.2) is 0 Å². The molecular formula is C12H18N2OS. The van der Waals surface area contributed by atoms with E-state index in [-0.39, 0.29) is 11.9 Å². The topological polar surface area (TPSA) is 41.1 Å². The molecule has 16 heavy (non-hydrogen) atoms. The fourth-order valence-corrected chi connectivity index (χ4v) is 2.63. The van der Waals surface area contributed by atoms with E-state index in [4.69, 9.17) is 0 Å². The molecule has 1 heterocycles. The highest BCUT2D eigenvalue weighted by molar-refractivity contribution is 7.10. The second-order valence-electron chi connectivity index (χ2n) is 4.41. The van der Waals surface area contributed by atoms with E-state index < -0.39 is 0 Å². The first-order valence-electron chi connectivity index (χ1n) is 5.73. The van der Waals surface area contributed by atoms with E-state index in [1.807, 2.05) is 0 Å². The zero-order chi connectivity index (χ0) is 11.5. The minimum absolute atomic E-state index is 0.114. The molecule has 1 fully saturated rings. The van der Waals surface area contributed by atoms with Gasteiger partial charge in [0.15, 0.2) is 0 Å². The Morgan fingerprint density at radius 1 is 1.62 bits per heavy atom. The molecule has 2 N–H and O–H groups in total. The Labute approximate surface area is 100 Å².